The van der Waals surface area contributed by atoms with Gasteiger partial charge in [-0.05, 0) is 79.8 Å². The summed E-state index contributed by atoms with van der Waals surface area (Å²) in [6.07, 6.45) is 12.3. The Balaban J connectivity index is 1.67. The summed E-state index contributed by atoms with van der Waals surface area (Å²) in [6, 6.07) is 0. The van der Waals surface area contributed by atoms with Crippen LogP contribution in [0.5, 0.6) is 0 Å². The Morgan fingerprint density at radius 2 is 2.05 bits per heavy atom. The first-order valence-electron chi connectivity index (χ1n) is 9.15. The lowest BCUT2D eigenvalue weighted by Crippen LogP contribution is -2.55. The second kappa shape index (κ2) is 4.80. The van der Waals surface area contributed by atoms with Crippen LogP contribution >= 0.6 is 0 Å². The molecule has 0 heterocycles. The van der Waals surface area contributed by atoms with Crippen molar-refractivity contribution >= 4 is 5.78 Å². The van der Waals surface area contributed by atoms with Gasteiger partial charge in [0.25, 0.3) is 0 Å². The fraction of sp³-hybridized carbons (Fsp3) is 0.750. The standard InChI is InChI=1S/C20H28O2/c1-3-13-5-7-17-16-6-4-14-12-15(21)8-11-20(14,22)18(16)9-10-19(13,17)2/h5,12,16-18,22H,3-4,6-11H2,1-2H3/t16?,17?,18?,19-,20-/m1/s1. The third-order valence-electron chi connectivity index (χ3n) is 7.56. The van der Waals surface area contributed by atoms with Gasteiger partial charge in [-0.3, -0.25) is 4.79 Å². The van der Waals surface area contributed by atoms with Crippen molar-refractivity contribution in [3.63, 3.8) is 0 Å². The molecule has 0 aliphatic heterocycles. The van der Waals surface area contributed by atoms with Crippen LogP contribution in [0, 0.1) is 23.2 Å². The first kappa shape index (κ1) is 14.7. The van der Waals surface area contributed by atoms with Gasteiger partial charge in [-0.1, -0.05) is 25.5 Å². The van der Waals surface area contributed by atoms with E-state index in [1.807, 2.05) is 0 Å². The molecule has 22 heavy (non-hydrogen) atoms. The minimum absolute atomic E-state index is 0.217. The first-order valence-corrected chi connectivity index (χ1v) is 9.15. The Labute approximate surface area is 133 Å². The molecular weight excluding hydrogens is 272 g/mol. The van der Waals surface area contributed by atoms with Crippen LogP contribution in [0.25, 0.3) is 0 Å². The first-order chi connectivity index (χ1) is 10.5. The summed E-state index contributed by atoms with van der Waals surface area (Å²) in [5.41, 5.74) is 2.41. The summed E-state index contributed by atoms with van der Waals surface area (Å²) < 4.78 is 0. The summed E-state index contributed by atoms with van der Waals surface area (Å²) in [5, 5.41) is 11.4. The summed E-state index contributed by atoms with van der Waals surface area (Å²) in [6.45, 7) is 4.75. The number of ketones is 1. The zero-order valence-corrected chi connectivity index (χ0v) is 13.9. The highest BCUT2D eigenvalue weighted by Gasteiger charge is 2.57. The zero-order chi connectivity index (χ0) is 15.5. The highest BCUT2D eigenvalue weighted by Crippen LogP contribution is 2.63. The fourth-order valence-electron chi connectivity index (χ4n) is 6.39. The minimum atomic E-state index is -0.673. The molecule has 4 rings (SSSR count). The molecule has 3 unspecified atom stereocenters. The van der Waals surface area contributed by atoms with Crippen LogP contribution in [-0.2, 0) is 4.79 Å². The lowest BCUT2D eigenvalue weighted by atomic mass is 9.50. The SMILES string of the molecule is CCC1=CCC2C3CCC4=CC(=O)CC[C@]4(O)C3CC[C@]12C. The van der Waals surface area contributed by atoms with E-state index in [0.717, 1.165) is 24.8 Å². The molecule has 0 amide bonds. The Bertz CT molecular complexity index is 572. The summed E-state index contributed by atoms with van der Waals surface area (Å²) in [5.74, 6) is 1.94. The smallest absolute Gasteiger partial charge is 0.155 e. The fourth-order valence-corrected chi connectivity index (χ4v) is 6.39. The van der Waals surface area contributed by atoms with E-state index in [-0.39, 0.29) is 5.78 Å². The molecular formula is C20H28O2. The van der Waals surface area contributed by atoms with Crippen molar-refractivity contribution in [3.8, 4) is 0 Å². The van der Waals surface area contributed by atoms with Crippen molar-refractivity contribution < 1.29 is 9.90 Å². The Kier molecular flexibility index (Phi) is 3.21. The van der Waals surface area contributed by atoms with Gasteiger partial charge in [0.2, 0.25) is 0 Å². The van der Waals surface area contributed by atoms with Crippen molar-refractivity contribution in [1.82, 2.24) is 0 Å². The number of fused-ring (bicyclic) bond motifs is 5. The van der Waals surface area contributed by atoms with Crippen LogP contribution < -0.4 is 0 Å². The maximum absolute atomic E-state index is 11.7. The van der Waals surface area contributed by atoms with Crippen LogP contribution in [0.4, 0.5) is 0 Å². The predicted octanol–water partition coefficient (Wildman–Crippen LogP) is 4.19. The van der Waals surface area contributed by atoms with Crippen LogP contribution in [0.15, 0.2) is 23.3 Å². The Hall–Kier alpha value is -0.890. The molecule has 2 nitrogen and oxygen atoms in total. The van der Waals surface area contributed by atoms with E-state index < -0.39 is 5.60 Å². The van der Waals surface area contributed by atoms with Gasteiger partial charge in [-0.15, -0.1) is 0 Å². The van der Waals surface area contributed by atoms with Crippen molar-refractivity contribution in [1.29, 1.82) is 0 Å². The average molecular weight is 300 g/mol. The van der Waals surface area contributed by atoms with Crippen LogP contribution in [0.2, 0.25) is 0 Å². The molecule has 0 saturated heterocycles. The number of allylic oxidation sites excluding steroid dienone is 3. The molecule has 2 heteroatoms. The van der Waals surface area contributed by atoms with E-state index in [1.54, 1.807) is 11.6 Å². The molecule has 4 aliphatic rings. The van der Waals surface area contributed by atoms with E-state index in [0.29, 0.717) is 36.0 Å². The van der Waals surface area contributed by atoms with E-state index in [4.69, 9.17) is 0 Å². The van der Waals surface area contributed by atoms with Gasteiger partial charge in [0, 0.05) is 6.42 Å². The van der Waals surface area contributed by atoms with Gasteiger partial charge < -0.3 is 5.11 Å². The molecule has 2 saturated carbocycles. The molecule has 0 aromatic heterocycles. The van der Waals surface area contributed by atoms with Crippen molar-refractivity contribution in [2.75, 3.05) is 0 Å². The number of hydrogen-bond acceptors (Lipinski definition) is 2. The van der Waals surface area contributed by atoms with E-state index in [1.165, 1.54) is 19.3 Å². The van der Waals surface area contributed by atoms with Crippen molar-refractivity contribution in [2.24, 2.45) is 23.2 Å². The van der Waals surface area contributed by atoms with Gasteiger partial charge in [0.1, 0.15) is 0 Å². The Morgan fingerprint density at radius 1 is 1.23 bits per heavy atom. The minimum Gasteiger partial charge on any atom is -0.385 e. The summed E-state index contributed by atoms with van der Waals surface area (Å²) in [4.78, 5) is 11.7. The van der Waals surface area contributed by atoms with Crippen LogP contribution in [-0.4, -0.2) is 16.5 Å². The maximum Gasteiger partial charge on any atom is 0.155 e. The molecule has 0 aromatic rings. The van der Waals surface area contributed by atoms with Crippen LogP contribution in [0.1, 0.15) is 65.2 Å². The van der Waals surface area contributed by atoms with E-state index in [2.05, 4.69) is 19.9 Å². The number of carbonyl (C=O) groups is 1. The van der Waals surface area contributed by atoms with Gasteiger partial charge >= 0.3 is 0 Å². The number of aliphatic hydroxyl groups is 1. The number of rotatable bonds is 1. The van der Waals surface area contributed by atoms with Gasteiger partial charge in [-0.25, -0.2) is 0 Å². The summed E-state index contributed by atoms with van der Waals surface area (Å²) >= 11 is 0. The molecule has 1 N–H and O–H groups in total. The molecule has 4 aliphatic carbocycles. The highest BCUT2D eigenvalue weighted by atomic mass is 16.3. The maximum atomic E-state index is 11.7. The average Bonchev–Trinajstić information content (AvgIpc) is 2.84. The third kappa shape index (κ3) is 1.79. The third-order valence-corrected chi connectivity index (χ3v) is 7.56. The quantitative estimate of drug-likeness (QED) is 0.737. The largest absolute Gasteiger partial charge is 0.385 e. The molecule has 5 atom stereocenters. The molecule has 0 aromatic carbocycles. The van der Waals surface area contributed by atoms with Crippen molar-refractivity contribution in [3.05, 3.63) is 23.3 Å². The lowest BCUT2D eigenvalue weighted by molar-refractivity contribution is -0.124. The van der Waals surface area contributed by atoms with Crippen molar-refractivity contribution in [2.45, 2.75) is 70.8 Å². The number of hydrogen-bond donors (Lipinski definition) is 1. The molecule has 0 bridgehead atoms. The Morgan fingerprint density at radius 3 is 2.82 bits per heavy atom. The molecule has 120 valence electrons. The zero-order valence-electron chi connectivity index (χ0n) is 13.9. The van der Waals surface area contributed by atoms with Gasteiger partial charge in [0.05, 0.1) is 5.60 Å². The van der Waals surface area contributed by atoms with Gasteiger partial charge in [0.15, 0.2) is 5.78 Å². The lowest BCUT2D eigenvalue weighted by Gasteiger charge is -2.56. The molecule has 2 fully saturated rings. The molecule has 0 radical (unpaired) electrons. The van der Waals surface area contributed by atoms with E-state index >= 15 is 0 Å². The molecule has 0 spiro atoms. The monoisotopic (exact) mass is 300 g/mol. The highest BCUT2D eigenvalue weighted by molar-refractivity contribution is 5.92. The normalized spacial score (nSPS) is 47.2. The van der Waals surface area contributed by atoms with Crippen LogP contribution in [0.3, 0.4) is 0 Å². The van der Waals surface area contributed by atoms with Gasteiger partial charge in [-0.2, -0.15) is 0 Å². The van der Waals surface area contributed by atoms with E-state index in [9.17, 15) is 9.90 Å². The second-order valence-electron chi connectivity index (χ2n) is 8.25. The summed E-state index contributed by atoms with van der Waals surface area (Å²) in [7, 11) is 0. The second-order valence-corrected chi connectivity index (χ2v) is 8.25. The number of carbonyl (C=O) groups excluding carboxylic acids is 1. The predicted molar refractivity (Wildman–Crippen MR) is 87.3 cm³/mol. The topological polar surface area (TPSA) is 37.3 Å².